The molecule has 2 heterocycles. The lowest BCUT2D eigenvalue weighted by Gasteiger charge is -2.26. The number of hydrogen-bond acceptors (Lipinski definition) is 5. The zero-order chi connectivity index (χ0) is 25.3. The number of carbonyl (C=O) groups excluding carboxylic acids is 2. The lowest BCUT2D eigenvalue weighted by Crippen LogP contribution is -2.30. The molecular weight excluding hydrogens is 440 g/mol. The smallest absolute Gasteiger partial charge is 0.300 e. The zero-order valence-corrected chi connectivity index (χ0v) is 20.6. The molecule has 1 atom stereocenters. The third-order valence-electron chi connectivity index (χ3n) is 5.90. The Balaban J connectivity index is 1.86. The molecule has 2 aromatic carbocycles. The van der Waals surface area contributed by atoms with E-state index in [1.165, 1.54) is 4.90 Å². The molecule has 180 valence electrons. The summed E-state index contributed by atoms with van der Waals surface area (Å²) in [6, 6.07) is 18.9. The molecule has 0 aliphatic carbocycles. The molecule has 1 fully saturated rings. The monoisotopic (exact) mass is 470 g/mol. The van der Waals surface area contributed by atoms with Gasteiger partial charge in [0.2, 0.25) is 0 Å². The fourth-order valence-corrected chi connectivity index (χ4v) is 4.18. The first-order chi connectivity index (χ1) is 16.6. The van der Waals surface area contributed by atoms with E-state index < -0.39 is 17.7 Å². The Hall–Kier alpha value is -3.93. The highest BCUT2D eigenvalue weighted by Crippen LogP contribution is 2.42. The Morgan fingerprint density at radius 2 is 1.71 bits per heavy atom. The highest BCUT2D eigenvalue weighted by atomic mass is 16.5. The van der Waals surface area contributed by atoms with Crippen LogP contribution >= 0.6 is 0 Å². The predicted octanol–water partition coefficient (Wildman–Crippen LogP) is 5.79. The van der Waals surface area contributed by atoms with Crippen LogP contribution in [0.1, 0.15) is 57.5 Å². The SMILES string of the molecule is CC(C)Oc1cccc(/C(O)=C2\C(=O)C(=O)N(c3ccc(C(C)(C)C)cc3)C2c2ccccn2)c1. The minimum absolute atomic E-state index is 0.00436. The molecule has 0 saturated carbocycles. The molecule has 1 unspecified atom stereocenters. The van der Waals surface area contributed by atoms with Crippen molar-refractivity contribution >= 4 is 23.1 Å². The Morgan fingerprint density at radius 3 is 2.31 bits per heavy atom. The topological polar surface area (TPSA) is 79.7 Å². The molecule has 1 aliphatic heterocycles. The summed E-state index contributed by atoms with van der Waals surface area (Å²) in [5.74, 6) is -1.17. The van der Waals surface area contributed by atoms with Crippen molar-refractivity contribution in [2.24, 2.45) is 0 Å². The zero-order valence-electron chi connectivity index (χ0n) is 20.6. The first-order valence-electron chi connectivity index (χ1n) is 11.7. The van der Waals surface area contributed by atoms with E-state index in [1.807, 2.05) is 38.1 Å². The molecule has 1 N–H and O–H groups in total. The van der Waals surface area contributed by atoms with Crippen LogP contribution in [0.5, 0.6) is 5.75 Å². The number of ketones is 1. The molecule has 6 heteroatoms. The van der Waals surface area contributed by atoms with Crippen molar-refractivity contribution in [3.05, 3.63) is 95.3 Å². The van der Waals surface area contributed by atoms with Crippen molar-refractivity contribution in [2.45, 2.75) is 52.2 Å². The lowest BCUT2D eigenvalue weighted by molar-refractivity contribution is -0.132. The Bertz CT molecular complexity index is 1270. The number of Topliss-reactive ketones (excluding diaryl/α,β-unsaturated/α-hetero) is 1. The number of carbonyl (C=O) groups is 2. The van der Waals surface area contributed by atoms with Crippen molar-refractivity contribution in [3.8, 4) is 5.75 Å². The summed E-state index contributed by atoms with van der Waals surface area (Å²) in [5.41, 5.74) is 2.49. The van der Waals surface area contributed by atoms with E-state index in [9.17, 15) is 14.7 Å². The highest BCUT2D eigenvalue weighted by Gasteiger charge is 2.47. The van der Waals surface area contributed by atoms with Gasteiger partial charge in [-0.3, -0.25) is 19.5 Å². The number of pyridine rings is 1. The van der Waals surface area contributed by atoms with E-state index in [1.54, 1.807) is 48.7 Å². The fraction of sp³-hybridized carbons (Fsp3) is 0.276. The van der Waals surface area contributed by atoms with Crippen molar-refractivity contribution in [1.29, 1.82) is 0 Å². The molecule has 6 nitrogen and oxygen atoms in total. The van der Waals surface area contributed by atoms with Gasteiger partial charge in [-0.15, -0.1) is 0 Å². The van der Waals surface area contributed by atoms with Gasteiger partial charge in [-0.1, -0.05) is 51.1 Å². The summed E-state index contributed by atoms with van der Waals surface area (Å²) in [7, 11) is 0. The number of nitrogens with zero attached hydrogens (tertiary/aromatic N) is 2. The van der Waals surface area contributed by atoms with Crippen molar-refractivity contribution < 1.29 is 19.4 Å². The van der Waals surface area contributed by atoms with E-state index in [2.05, 4.69) is 25.8 Å². The summed E-state index contributed by atoms with van der Waals surface area (Å²) in [4.78, 5) is 32.5. The van der Waals surface area contributed by atoms with Crippen LogP contribution in [0.4, 0.5) is 5.69 Å². The third kappa shape index (κ3) is 4.83. The predicted molar refractivity (Wildman–Crippen MR) is 136 cm³/mol. The van der Waals surface area contributed by atoms with Gasteiger partial charge < -0.3 is 9.84 Å². The number of ether oxygens (including phenoxy) is 1. The number of aliphatic hydroxyl groups excluding tert-OH is 1. The molecule has 1 aliphatic rings. The van der Waals surface area contributed by atoms with E-state index in [0.717, 1.165) is 5.56 Å². The molecule has 3 aromatic rings. The van der Waals surface area contributed by atoms with E-state index in [-0.39, 0.29) is 22.9 Å². The summed E-state index contributed by atoms with van der Waals surface area (Å²) in [5, 5.41) is 11.3. The number of rotatable bonds is 5. The van der Waals surface area contributed by atoms with Gasteiger partial charge in [-0.25, -0.2) is 0 Å². The van der Waals surface area contributed by atoms with E-state index in [0.29, 0.717) is 22.7 Å². The maximum atomic E-state index is 13.3. The van der Waals surface area contributed by atoms with Gasteiger partial charge >= 0.3 is 0 Å². The lowest BCUT2D eigenvalue weighted by atomic mass is 9.87. The second-order valence-electron chi connectivity index (χ2n) is 9.92. The number of anilines is 1. The van der Waals surface area contributed by atoms with Crippen molar-refractivity contribution in [3.63, 3.8) is 0 Å². The van der Waals surface area contributed by atoms with Gasteiger partial charge in [0.15, 0.2) is 0 Å². The second kappa shape index (κ2) is 9.37. The van der Waals surface area contributed by atoms with Crippen LogP contribution in [0.15, 0.2) is 78.5 Å². The fourth-order valence-electron chi connectivity index (χ4n) is 4.18. The molecule has 0 spiro atoms. The molecule has 0 radical (unpaired) electrons. The molecule has 1 saturated heterocycles. The average molecular weight is 471 g/mol. The Kier molecular flexibility index (Phi) is 6.48. The first kappa shape index (κ1) is 24.2. The number of aliphatic hydroxyl groups is 1. The second-order valence-corrected chi connectivity index (χ2v) is 9.92. The number of aromatic nitrogens is 1. The minimum Gasteiger partial charge on any atom is -0.507 e. The van der Waals surface area contributed by atoms with Gasteiger partial charge in [-0.2, -0.15) is 0 Å². The van der Waals surface area contributed by atoms with Crippen LogP contribution in [0.25, 0.3) is 5.76 Å². The highest BCUT2D eigenvalue weighted by molar-refractivity contribution is 6.51. The minimum atomic E-state index is -0.869. The molecule has 4 rings (SSSR count). The quantitative estimate of drug-likeness (QED) is 0.290. The largest absolute Gasteiger partial charge is 0.507 e. The summed E-state index contributed by atoms with van der Waals surface area (Å²) >= 11 is 0. The van der Waals surface area contributed by atoms with Gasteiger partial charge in [0, 0.05) is 17.4 Å². The van der Waals surface area contributed by atoms with Gasteiger partial charge in [0.1, 0.15) is 17.6 Å². The van der Waals surface area contributed by atoms with Crippen LogP contribution < -0.4 is 9.64 Å². The van der Waals surface area contributed by atoms with Crippen LogP contribution in [-0.4, -0.2) is 27.9 Å². The van der Waals surface area contributed by atoms with Gasteiger partial charge in [0.05, 0.1) is 17.4 Å². The normalized spacial score (nSPS) is 17.8. The maximum absolute atomic E-state index is 13.3. The van der Waals surface area contributed by atoms with Crippen LogP contribution in [0, 0.1) is 0 Å². The number of hydrogen-bond donors (Lipinski definition) is 1. The Morgan fingerprint density at radius 1 is 1.00 bits per heavy atom. The average Bonchev–Trinajstić information content (AvgIpc) is 3.09. The standard InChI is InChI=1S/C29H30N2O4/c1-18(2)35-22-10-8-9-19(17-22)26(32)24-25(23-11-6-7-16-30-23)31(28(34)27(24)33)21-14-12-20(13-15-21)29(3,4)5/h6-18,25,32H,1-5H3/b26-24+. The Labute approximate surface area is 205 Å². The number of benzene rings is 2. The summed E-state index contributed by atoms with van der Waals surface area (Å²) in [6.45, 7) is 10.1. The maximum Gasteiger partial charge on any atom is 0.300 e. The summed E-state index contributed by atoms with van der Waals surface area (Å²) in [6.07, 6.45) is 1.55. The van der Waals surface area contributed by atoms with Crippen LogP contribution in [0.3, 0.4) is 0 Å². The third-order valence-corrected chi connectivity index (χ3v) is 5.90. The van der Waals surface area contributed by atoms with Crippen molar-refractivity contribution in [1.82, 2.24) is 4.98 Å². The summed E-state index contributed by atoms with van der Waals surface area (Å²) < 4.78 is 5.75. The molecule has 1 aromatic heterocycles. The first-order valence-corrected chi connectivity index (χ1v) is 11.7. The molecule has 0 bridgehead atoms. The van der Waals surface area contributed by atoms with Crippen LogP contribution in [-0.2, 0) is 15.0 Å². The van der Waals surface area contributed by atoms with E-state index in [4.69, 9.17) is 4.74 Å². The van der Waals surface area contributed by atoms with Gasteiger partial charge in [0.25, 0.3) is 11.7 Å². The molecular formula is C29H30N2O4. The van der Waals surface area contributed by atoms with Crippen LogP contribution in [0.2, 0.25) is 0 Å². The van der Waals surface area contributed by atoms with Gasteiger partial charge in [-0.05, 0) is 61.2 Å². The molecule has 35 heavy (non-hydrogen) atoms. The number of amides is 1. The van der Waals surface area contributed by atoms with E-state index >= 15 is 0 Å². The van der Waals surface area contributed by atoms with Crippen molar-refractivity contribution in [2.75, 3.05) is 4.90 Å². The molecule has 1 amide bonds.